The Hall–Kier alpha value is -3.84. The molecule has 7 nitrogen and oxygen atoms in total. The highest BCUT2D eigenvalue weighted by molar-refractivity contribution is 6.30. The molecular formula is C34H36ClN3O4. The first-order valence-electron chi connectivity index (χ1n) is 14.8. The highest BCUT2D eigenvalue weighted by atomic mass is 35.5. The van der Waals surface area contributed by atoms with Gasteiger partial charge in [-0.15, -0.1) is 0 Å². The standard InChI is InChI=1S/C34H36ClN3O4/c1-2-41-31-15-22(20-36-38-33(40)26-4-3-5-28(35)16-26)6-11-30(31)42-21-32(39)37-29-9-7-27(8-10-29)34-17-23-12-24(18-34)14-25(13-23)19-34/h3-11,15-16,20,23-25H,2,12-14,17-19,21H2,1H3,(H,37,39)(H,38,40)/b36-20+. The summed E-state index contributed by atoms with van der Waals surface area (Å²) < 4.78 is 11.5. The zero-order chi connectivity index (χ0) is 29.1. The minimum atomic E-state index is -0.368. The maximum atomic E-state index is 12.7. The Bertz CT molecular complexity index is 1450. The number of benzene rings is 3. The Kier molecular flexibility index (Phi) is 8.20. The van der Waals surface area contributed by atoms with E-state index in [1.165, 1.54) is 50.3 Å². The number of carbonyl (C=O) groups excluding carboxylic acids is 2. The molecule has 42 heavy (non-hydrogen) atoms. The van der Waals surface area contributed by atoms with Gasteiger partial charge >= 0.3 is 0 Å². The highest BCUT2D eigenvalue weighted by Crippen LogP contribution is 2.60. The summed E-state index contributed by atoms with van der Waals surface area (Å²) in [6, 6.07) is 20.3. The van der Waals surface area contributed by atoms with Crippen molar-refractivity contribution in [1.82, 2.24) is 5.43 Å². The fourth-order valence-corrected chi connectivity index (χ4v) is 7.75. The number of hydrazone groups is 1. The van der Waals surface area contributed by atoms with E-state index in [2.05, 4.69) is 28.0 Å². The first kappa shape index (κ1) is 28.3. The van der Waals surface area contributed by atoms with Gasteiger partial charge in [0.15, 0.2) is 18.1 Å². The molecule has 0 atom stereocenters. The Morgan fingerprint density at radius 3 is 2.31 bits per heavy atom. The third-order valence-corrected chi connectivity index (χ3v) is 9.15. The van der Waals surface area contributed by atoms with E-state index in [4.69, 9.17) is 21.1 Å². The van der Waals surface area contributed by atoms with Crippen molar-refractivity contribution in [2.75, 3.05) is 18.5 Å². The number of hydrogen-bond acceptors (Lipinski definition) is 5. The van der Waals surface area contributed by atoms with Crippen molar-refractivity contribution in [3.05, 3.63) is 88.4 Å². The van der Waals surface area contributed by atoms with E-state index in [-0.39, 0.29) is 18.4 Å². The summed E-state index contributed by atoms with van der Waals surface area (Å²) in [5, 5.41) is 7.46. The van der Waals surface area contributed by atoms with Gasteiger partial charge in [-0.1, -0.05) is 29.8 Å². The van der Waals surface area contributed by atoms with Gasteiger partial charge in [-0.25, -0.2) is 5.43 Å². The fraction of sp³-hybridized carbons (Fsp3) is 0.382. The van der Waals surface area contributed by atoms with Crippen LogP contribution in [0, 0.1) is 17.8 Å². The summed E-state index contributed by atoms with van der Waals surface area (Å²) in [5.74, 6) is 3.02. The number of halogens is 1. The number of nitrogens with zero attached hydrogens (tertiary/aromatic N) is 1. The van der Waals surface area contributed by atoms with Crippen molar-refractivity contribution in [3.8, 4) is 11.5 Å². The van der Waals surface area contributed by atoms with Crippen molar-refractivity contribution in [1.29, 1.82) is 0 Å². The molecular weight excluding hydrogens is 550 g/mol. The molecule has 218 valence electrons. The molecule has 4 saturated carbocycles. The predicted octanol–water partition coefficient (Wildman–Crippen LogP) is 6.99. The molecule has 0 saturated heterocycles. The number of rotatable bonds is 10. The van der Waals surface area contributed by atoms with E-state index in [1.54, 1.807) is 42.5 Å². The number of amides is 2. The van der Waals surface area contributed by atoms with E-state index in [9.17, 15) is 9.59 Å². The van der Waals surface area contributed by atoms with Crippen LogP contribution < -0.4 is 20.2 Å². The molecule has 4 bridgehead atoms. The van der Waals surface area contributed by atoms with Gasteiger partial charge in [-0.05, 0) is 128 Å². The number of nitrogens with one attached hydrogen (secondary N) is 2. The Morgan fingerprint density at radius 1 is 0.929 bits per heavy atom. The van der Waals surface area contributed by atoms with Crippen LogP contribution in [0.5, 0.6) is 11.5 Å². The molecule has 0 aromatic heterocycles. The molecule has 0 spiro atoms. The zero-order valence-electron chi connectivity index (χ0n) is 23.8. The summed E-state index contributed by atoms with van der Waals surface area (Å²) in [6.07, 6.45) is 9.76. The summed E-state index contributed by atoms with van der Waals surface area (Å²) in [4.78, 5) is 25.0. The maximum Gasteiger partial charge on any atom is 0.271 e. The molecule has 4 fully saturated rings. The summed E-state index contributed by atoms with van der Waals surface area (Å²) in [5.41, 5.74) is 6.14. The first-order chi connectivity index (χ1) is 20.4. The van der Waals surface area contributed by atoms with Crippen LogP contribution in [-0.4, -0.2) is 31.2 Å². The first-order valence-corrected chi connectivity index (χ1v) is 15.2. The normalized spacial score (nSPS) is 24.0. The van der Waals surface area contributed by atoms with E-state index in [0.717, 1.165) is 23.4 Å². The minimum Gasteiger partial charge on any atom is -0.490 e. The molecule has 8 heteroatoms. The third kappa shape index (κ3) is 6.31. The highest BCUT2D eigenvalue weighted by Gasteiger charge is 2.51. The Morgan fingerprint density at radius 2 is 1.64 bits per heavy atom. The molecule has 4 aliphatic rings. The fourth-order valence-electron chi connectivity index (χ4n) is 7.56. The van der Waals surface area contributed by atoms with Crippen LogP contribution in [0.2, 0.25) is 5.02 Å². The molecule has 2 N–H and O–H groups in total. The van der Waals surface area contributed by atoms with E-state index < -0.39 is 0 Å². The van der Waals surface area contributed by atoms with Crippen molar-refractivity contribution in [2.24, 2.45) is 22.9 Å². The van der Waals surface area contributed by atoms with Gasteiger partial charge in [0.25, 0.3) is 11.8 Å². The van der Waals surface area contributed by atoms with Crippen LogP contribution in [0.25, 0.3) is 0 Å². The van der Waals surface area contributed by atoms with Crippen LogP contribution >= 0.6 is 11.6 Å². The van der Waals surface area contributed by atoms with Crippen molar-refractivity contribution in [3.63, 3.8) is 0 Å². The van der Waals surface area contributed by atoms with E-state index in [1.807, 2.05) is 19.1 Å². The maximum absolute atomic E-state index is 12.7. The SMILES string of the molecule is CCOc1cc(/C=N/NC(=O)c2cccc(Cl)c2)ccc1OCC(=O)Nc1ccc(C23CC4CC(CC(C4)C2)C3)cc1. The molecule has 0 unspecified atom stereocenters. The lowest BCUT2D eigenvalue weighted by atomic mass is 9.48. The predicted molar refractivity (Wildman–Crippen MR) is 165 cm³/mol. The second-order valence-electron chi connectivity index (χ2n) is 12.0. The number of carbonyl (C=O) groups is 2. The lowest BCUT2D eigenvalue weighted by Crippen LogP contribution is -2.48. The minimum absolute atomic E-state index is 0.153. The van der Waals surface area contributed by atoms with Crippen molar-refractivity contribution >= 4 is 35.3 Å². The van der Waals surface area contributed by atoms with Gasteiger partial charge in [0.05, 0.1) is 12.8 Å². The summed E-state index contributed by atoms with van der Waals surface area (Å²) in [7, 11) is 0. The summed E-state index contributed by atoms with van der Waals surface area (Å²) >= 11 is 5.95. The average molecular weight is 586 g/mol. The Balaban J connectivity index is 1.03. The van der Waals surface area contributed by atoms with Gasteiger partial charge in [0, 0.05) is 16.3 Å². The largest absolute Gasteiger partial charge is 0.490 e. The topological polar surface area (TPSA) is 89.0 Å². The average Bonchev–Trinajstić information content (AvgIpc) is 2.96. The van der Waals surface area contributed by atoms with Crippen LogP contribution in [0.3, 0.4) is 0 Å². The van der Waals surface area contributed by atoms with Crippen LogP contribution in [-0.2, 0) is 10.2 Å². The quantitative estimate of drug-likeness (QED) is 0.198. The number of ether oxygens (including phenoxy) is 2. The summed E-state index contributed by atoms with van der Waals surface area (Å²) in [6.45, 7) is 2.14. The van der Waals surface area contributed by atoms with E-state index >= 15 is 0 Å². The molecule has 0 radical (unpaired) electrons. The van der Waals surface area contributed by atoms with E-state index in [0.29, 0.717) is 39.7 Å². The second-order valence-corrected chi connectivity index (χ2v) is 12.4. The van der Waals surface area contributed by atoms with Gasteiger partial charge in [-0.3, -0.25) is 9.59 Å². The van der Waals surface area contributed by atoms with Crippen LogP contribution in [0.1, 0.15) is 66.9 Å². The van der Waals surface area contributed by atoms with Crippen molar-refractivity contribution in [2.45, 2.75) is 50.9 Å². The molecule has 7 rings (SSSR count). The molecule has 0 heterocycles. The molecule has 4 aliphatic carbocycles. The zero-order valence-corrected chi connectivity index (χ0v) is 24.5. The molecule has 3 aromatic rings. The van der Waals surface area contributed by atoms with Gasteiger partial charge < -0.3 is 14.8 Å². The third-order valence-electron chi connectivity index (χ3n) is 8.91. The van der Waals surface area contributed by atoms with Gasteiger partial charge in [-0.2, -0.15) is 5.10 Å². The smallest absolute Gasteiger partial charge is 0.271 e. The monoisotopic (exact) mass is 585 g/mol. The Labute approximate surface area is 251 Å². The molecule has 0 aliphatic heterocycles. The molecule has 3 aromatic carbocycles. The van der Waals surface area contributed by atoms with Crippen molar-refractivity contribution < 1.29 is 19.1 Å². The van der Waals surface area contributed by atoms with Crippen LogP contribution in [0.4, 0.5) is 5.69 Å². The number of anilines is 1. The lowest BCUT2D eigenvalue weighted by Gasteiger charge is -2.57. The van der Waals surface area contributed by atoms with Gasteiger partial charge in [0.1, 0.15) is 0 Å². The lowest BCUT2D eigenvalue weighted by molar-refractivity contribution is -0.118. The van der Waals surface area contributed by atoms with Gasteiger partial charge in [0.2, 0.25) is 0 Å². The second kappa shape index (κ2) is 12.2. The van der Waals surface area contributed by atoms with Crippen LogP contribution in [0.15, 0.2) is 71.8 Å². The number of hydrogen-bond donors (Lipinski definition) is 2. The molecule has 2 amide bonds.